The Morgan fingerprint density at radius 3 is 2.71 bits per heavy atom. The van der Waals surface area contributed by atoms with Gasteiger partial charge in [-0.3, -0.25) is 4.79 Å². The molecule has 7 heavy (non-hydrogen) atoms. The van der Waals surface area contributed by atoms with E-state index in [0.29, 0.717) is 10.1 Å². The Kier molecular flexibility index (Phi) is 1.30. The molecule has 1 aliphatic heterocycles. The number of carbonyl (C=O) groups is 1. The van der Waals surface area contributed by atoms with Gasteiger partial charge in [-0.15, -0.1) is 0 Å². The van der Waals surface area contributed by atoms with Crippen LogP contribution in [0.25, 0.3) is 0 Å². The third-order valence-electron chi connectivity index (χ3n) is 0.621. The Hall–Kier alpha value is -0.0900. The fourth-order valence-electron chi connectivity index (χ4n) is 0.305. The number of rotatable bonds is 0. The fourth-order valence-corrected chi connectivity index (χ4v) is 1.09. The summed E-state index contributed by atoms with van der Waals surface area (Å²) in [6, 6.07) is 0. The molecule has 0 aromatic carbocycles. The number of hydrogen-bond donors (Lipinski definition) is 1. The zero-order valence-corrected chi connectivity index (χ0v) is 5.06. The Labute approximate surface area is 50.7 Å². The highest BCUT2D eigenvalue weighted by Crippen LogP contribution is 2.07. The standard InChI is InChI=1S/C3H3NOS2/c5-2-3(6)7-1-4-2/h1H2,(H,4,5). The van der Waals surface area contributed by atoms with Crippen molar-refractivity contribution in [2.24, 2.45) is 0 Å². The van der Waals surface area contributed by atoms with Crippen LogP contribution in [0.15, 0.2) is 0 Å². The molecule has 1 heterocycles. The molecule has 1 saturated heterocycles. The van der Waals surface area contributed by atoms with E-state index in [4.69, 9.17) is 0 Å². The van der Waals surface area contributed by atoms with Crippen LogP contribution in [0.2, 0.25) is 0 Å². The maximum absolute atomic E-state index is 10.3. The molecule has 1 amide bonds. The van der Waals surface area contributed by atoms with Crippen LogP contribution in [-0.2, 0) is 4.79 Å². The molecule has 38 valence electrons. The van der Waals surface area contributed by atoms with E-state index in [2.05, 4.69) is 17.5 Å². The first-order valence-electron chi connectivity index (χ1n) is 1.75. The molecule has 0 aromatic rings. The van der Waals surface area contributed by atoms with E-state index in [-0.39, 0.29) is 5.91 Å². The van der Waals surface area contributed by atoms with Crippen LogP contribution in [-0.4, -0.2) is 16.0 Å². The molecule has 0 atom stereocenters. The summed E-state index contributed by atoms with van der Waals surface area (Å²) >= 11 is 5.97. The molecule has 4 heteroatoms. The summed E-state index contributed by atoms with van der Waals surface area (Å²) in [6.07, 6.45) is 0. The quantitative estimate of drug-likeness (QED) is 0.476. The summed E-state index contributed by atoms with van der Waals surface area (Å²) in [6.45, 7) is 0. The second-order valence-electron chi connectivity index (χ2n) is 1.08. The lowest BCUT2D eigenvalue weighted by molar-refractivity contribution is -0.113. The van der Waals surface area contributed by atoms with E-state index in [1.165, 1.54) is 11.8 Å². The highest BCUT2D eigenvalue weighted by molar-refractivity contribution is 8.25. The van der Waals surface area contributed by atoms with Crippen LogP contribution < -0.4 is 5.32 Å². The van der Waals surface area contributed by atoms with Crippen LogP contribution in [0.3, 0.4) is 0 Å². The van der Waals surface area contributed by atoms with Crippen LogP contribution in [0.5, 0.6) is 0 Å². The van der Waals surface area contributed by atoms with Crippen molar-refractivity contribution in [2.45, 2.75) is 0 Å². The van der Waals surface area contributed by atoms with Crippen molar-refractivity contribution in [1.29, 1.82) is 0 Å². The number of thioether (sulfide) groups is 1. The summed E-state index contributed by atoms with van der Waals surface area (Å²) in [5, 5.41) is 2.55. The SMILES string of the molecule is O=C1NCSC1=S. The summed E-state index contributed by atoms with van der Waals surface area (Å²) in [5.74, 6) is 0.553. The third-order valence-corrected chi connectivity index (χ3v) is 1.90. The molecule has 1 aliphatic rings. The molecule has 0 unspecified atom stereocenters. The van der Waals surface area contributed by atoms with Crippen molar-refractivity contribution in [3.8, 4) is 0 Å². The normalized spacial score (nSPS) is 20.0. The van der Waals surface area contributed by atoms with Crippen molar-refractivity contribution in [3.63, 3.8) is 0 Å². The van der Waals surface area contributed by atoms with E-state index < -0.39 is 0 Å². The summed E-state index contributed by atoms with van der Waals surface area (Å²) in [4.78, 5) is 10.3. The average Bonchev–Trinajstić information content (AvgIpc) is 1.91. The highest BCUT2D eigenvalue weighted by Gasteiger charge is 2.15. The van der Waals surface area contributed by atoms with Gasteiger partial charge < -0.3 is 5.32 Å². The van der Waals surface area contributed by atoms with E-state index >= 15 is 0 Å². The third kappa shape index (κ3) is 0.920. The number of carbonyl (C=O) groups excluding carboxylic acids is 1. The van der Waals surface area contributed by atoms with Crippen molar-refractivity contribution in [2.75, 3.05) is 5.88 Å². The summed E-state index contributed by atoms with van der Waals surface area (Å²) in [5.41, 5.74) is 0. The molecule has 0 bridgehead atoms. The molecule has 0 aliphatic carbocycles. The topological polar surface area (TPSA) is 29.1 Å². The van der Waals surface area contributed by atoms with E-state index in [0.717, 1.165) is 0 Å². The maximum Gasteiger partial charge on any atom is 0.269 e. The molecule has 0 aromatic heterocycles. The van der Waals surface area contributed by atoms with Crippen LogP contribution in [0.1, 0.15) is 0 Å². The summed E-state index contributed by atoms with van der Waals surface area (Å²) in [7, 11) is 0. The van der Waals surface area contributed by atoms with Crippen molar-refractivity contribution in [1.82, 2.24) is 5.32 Å². The fraction of sp³-hybridized carbons (Fsp3) is 0.333. The number of amides is 1. The van der Waals surface area contributed by atoms with E-state index in [1.54, 1.807) is 0 Å². The molecule has 0 saturated carbocycles. The van der Waals surface area contributed by atoms with Gasteiger partial charge in [-0.05, 0) is 0 Å². The lowest BCUT2D eigenvalue weighted by Crippen LogP contribution is -2.17. The molecule has 1 rings (SSSR count). The number of nitrogens with one attached hydrogen (secondary N) is 1. The van der Waals surface area contributed by atoms with E-state index in [1.807, 2.05) is 0 Å². The predicted molar refractivity (Wildman–Crippen MR) is 33.2 cm³/mol. The van der Waals surface area contributed by atoms with Gasteiger partial charge in [0.1, 0.15) is 4.20 Å². The molecule has 1 fully saturated rings. The molecule has 1 N–H and O–H groups in total. The minimum atomic E-state index is -0.0972. The summed E-state index contributed by atoms with van der Waals surface area (Å²) < 4.78 is 0.458. The number of hydrogen-bond acceptors (Lipinski definition) is 3. The van der Waals surface area contributed by atoms with Gasteiger partial charge in [0.05, 0.1) is 5.88 Å². The average molecular weight is 133 g/mol. The monoisotopic (exact) mass is 133 g/mol. The minimum Gasteiger partial charge on any atom is -0.341 e. The van der Waals surface area contributed by atoms with Gasteiger partial charge in [0.2, 0.25) is 0 Å². The lowest BCUT2D eigenvalue weighted by atomic mass is 10.7. The minimum absolute atomic E-state index is 0.0972. The van der Waals surface area contributed by atoms with Gasteiger partial charge in [0.15, 0.2) is 0 Å². The zero-order valence-electron chi connectivity index (χ0n) is 3.43. The van der Waals surface area contributed by atoms with Crippen LogP contribution in [0.4, 0.5) is 0 Å². The van der Waals surface area contributed by atoms with Crippen molar-refractivity contribution >= 4 is 34.1 Å². The largest absolute Gasteiger partial charge is 0.341 e. The van der Waals surface area contributed by atoms with Crippen molar-refractivity contribution < 1.29 is 4.79 Å². The van der Waals surface area contributed by atoms with Gasteiger partial charge in [-0.1, -0.05) is 24.0 Å². The Balaban J connectivity index is 2.65. The molecular weight excluding hydrogens is 130 g/mol. The number of thiocarbonyl (C=S) groups is 1. The zero-order chi connectivity index (χ0) is 5.28. The highest BCUT2D eigenvalue weighted by atomic mass is 32.2. The van der Waals surface area contributed by atoms with Crippen LogP contribution >= 0.6 is 24.0 Å². The smallest absolute Gasteiger partial charge is 0.269 e. The molecule has 2 nitrogen and oxygen atoms in total. The molecule has 0 spiro atoms. The molecule has 0 radical (unpaired) electrons. The van der Waals surface area contributed by atoms with Crippen molar-refractivity contribution in [3.05, 3.63) is 0 Å². The lowest BCUT2D eigenvalue weighted by Gasteiger charge is -1.78. The second kappa shape index (κ2) is 1.79. The van der Waals surface area contributed by atoms with Gasteiger partial charge in [-0.2, -0.15) is 0 Å². The van der Waals surface area contributed by atoms with Crippen LogP contribution in [0, 0.1) is 0 Å². The van der Waals surface area contributed by atoms with Gasteiger partial charge >= 0.3 is 0 Å². The second-order valence-corrected chi connectivity index (χ2v) is 2.73. The molecular formula is C3H3NOS2. The Bertz CT molecular complexity index is 108. The predicted octanol–water partition coefficient (Wildman–Crippen LogP) is 0.134. The van der Waals surface area contributed by atoms with E-state index in [9.17, 15) is 4.79 Å². The van der Waals surface area contributed by atoms with Gasteiger partial charge in [0, 0.05) is 0 Å². The van der Waals surface area contributed by atoms with Gasteiger partial charge in [0.25, 0.3) is 5.91 Å². The first-order valence-corrected chi connectivity index (χ1v) is 3.15. The first-order chi connectivity index (χ1) is 3.30. The maximum atomic E-state index is 10.3. The van der Waals surface area contributed by atoms with Gasteiger partial charge in [-0.25, -0.2) is 0 Å². The Morgan fingerprint density at radius 1 is 1.86 bits per heavy atom. The Morgan fingerprint density at radius 2 is 2.57 bits per heavy atom. The first kappa shape index (κ1) is 5.05.